The van der Waals surface area contributed by atoms with Gasteiger partial charge in [-0.15, -0.1) is 0 Å². The predicted octanol–water partition coefficient (Wildman–Crippen LogP) is -2.57. The maximum Gasteiger partial charge on any atom is 2.00 e. The van der Waals surface area contributed by atoms with Crippen LogP contribution in [0.2, 0.25) is 0 Å². The molecule has 10 nitrogen and oxygen atoms in total. The number of carboxylic acid groups (broad SMARTS) is 2. The summed E-state index contributed by atoms with van der Waals surface area (Å²) in [7, 11) is 0. The molecule has 0 spiro atoms. The summed E-state index contributed by atoms with van der Waals surface area (Å²) in [6, 6.07) is 5.81. The Labute approximate surface area is 178 Å². The van der Waals surface area contributed by atoms with Crippen LogP contribution in [0.15, 0.2) is 36.4 Å². The van der Waals surface area contributed by atoms with Gasteiger partial charge in [-0.05, 0) is 48.2 Å². The Kier molecular flexibility index (Phi) is 10.7. The number of benzene rings is 2. The van der Waals surface area contributed by atoms with Crippen LogP contribution in [0, 0.1) is 0 Å². The second-order valence-corrected chi connectivity index (χ2v) is 5.91. The molecule has 0 amide bonds. The van der Waals surface area contributed by atoms with Crippen LogP contribution in [0.5, 0.6) is 23.0 Å². The zero-order valence-corrected chi connectivity index (χ0v) is 18.3. The third kappa shape index (κ3) is 8.78. The van der Waals surface area contributed by atoms with Crippen LogP contribution in [-0.2, 0) is 41.9 Å². The summed E-state index contributed by atoms with van der Waals surface area (Å²) in [6.45, 7) is 0. The van der Waals surface area contributed by atoms with Gasteiger partial charge in [0.2, 0.25) is 0 Å². The van der Waals surface area contributed by atoms with Crippen LogP contribution >= 0.6 is 0 Å². The van der Waals surface area contributed by atoms with Crippen LogP contribution in [0.4, 0.5) is 0 Å². The van der Waals surface area contributed by atoms with Crippen LogP contribution in [0.3, 0.4) is 0 Å². The SMILES string of the molecule is NC(Cc1ccc(O)c(O)c1)C(=O)[O-].NC(Cc1ccc(O)c(O)c1)C(=O)[O-].[Zn+2]. The summed E-state index contributed by atoms with van der Waals surface area (Å²) in [6.07, 6.45) is 0.104. The van der Waals surface area contributed by atoms with Gasteiger partial charge >= 0.3 is 19.5 Å². The molecule has 11 heteroatoms. The zero-order chi connectivity index (χ0) is 21.4. The first-order valence-electron chi connectivity index (χ1n) is 7.95. The summed E-state index contributed by atoms with van der Waals surface area (Å²) < 4.78 is 0. The molecule has 0 aliphatic carbocycles. The van der Waals surface area contributed by atoms with E-state index in [1.165, 1.54) is 36.4 Å². The summed E-state index contributed by atoms with van der Waals surface area (Å²) in [5, 5.41) is 56.8. The second-order valence-electron chi connectivity index (χ2n) is 5.91. The van der Waals surface area contributed by atoms with Crippen molar-refractivity contribution >= 4 is 11.9 Å². The number of aromatic hydroxyl groups is 4. The molecule has 0 aliphatic rings. The van der Waals surface area contributed by atoms with Crippen molar-refractivity contribution in [1.29, 1.82) is 0 Å². The molecule has 0 saturated carbocycles. The Hall–Kier alpha value is -2.88. The largest absolute Gasteiger partial charge is 2.00 e. The van der Waals surface area contributed by atoms with Gasteiger partial charge in [0, 0.05) is 12.1 Å². The Morgan fingerprint density at radius 1 is 0.724 bits per heavy atom. The molecule has 2 aromatic carbocycles. The fourth-order valence-electron chi connectivity index (χ4n) is 2.07. The molecule has 0 radical (unpaired) electrons. The van der Waals surface area contributed by atoms with Crippen molar-refractivity contribution in [3.63, 3.8) is 0 Å². The molecule has 2 atom stereocenters. The van der Waals surface area contributed by atoms with Crippen molar-refractivity contribution in [2.75, 3.05) is 0 Å². The maximum absolute atomic E-state index is 10.3. The van der Waals surface area contributed by atoms with Crippen LogP contribution < -0.4 is 21.7 Å². The number of carboxylic acids is 2. The smallest absolute Gasteiger partial charge is 0.548 e. The van der Waals surface area contributed by atoms with Crippen LogP contribution in [-0.4, -0.2) is 44.4 Å². The number of carbonyl (C=O) groups excluding carboxylic acids is 2. The predicted molar refractivity (Wildman–Crippen MR) is 92.9 cm³/mol. The van der Waals surface area contributed by atoms with E-state index in [0.29, 0.717) is 11.1 Å². The fraction of sp³-hybridized carbons (Fsp3) is 0.222. The molecule has 0 aromatic heterocycles. The summed E-state index contributed by atoms with van der Waals surface area (Å²) >= 11 is 0. The molecule has 2 unspecified atom stereocenters. The minimum Gasteiger partial charge on any atom is -0.548 e. The van der Waals surface area contributed by atoms with E-state index < -0.39 is 24.0 Å². The Morgan fingerprint density at radius 2 is 1.03 bits per heavy atom. The van der Waals surface area contributed by atoms with Crippen molar-refractivity contribution in [1.82, 2.24) is 0 Å². The minimum absolute atomic E-state index is 0. The normalized spacial score (nSPS) is 11.9. The first-order valence-corrected chi connectivity index (χ1v) is 7.95. The Balaban J connectivity index is 0.000000523. The number of phenols is 4. The first kappa shape index (κ1) is 26.1. The van der Waals surface area contributed by atoms with E-state index in [1.807, 2.05) is 0 Å². The van der Waals surface area contributed by atoms with Gasteiger partial charge in [0.25, 0.3) is 0 Å². The maximum atomic E-state index is 10.3. The average molecular weight is 458 g/mol. The molecule has 8 N–H and O–H groups in total. The van der Waals surface area contributed by atoms with Gasteiger partial charge in [0.1, 0.15) is 0 Å². The van der Waals surface area contributed by atoms with Crippen molar-refractivity contribution in [3.05, 3.63) is 47.5 Å². The van der Waals surface area contributed by atoms with Gasteiger partial charge < -0.3 is 51.7 Å². The third-order valence-corrected chi connectivity index (χ3v) is 3.60. The van der Waals surface area contributed by atoms with Gasteiger partial charge in [-0.3, -0.25) is 0 Å². The first-order chi connectivity index (χ1) is 13.0. The molecule has 0 fully saturated rings. The van der Waals surface area contributed by atoms with Crippen molar-refractivity contribution < 1.29 is 59.7 Å². The molecule has 0 saturated heterocycles. The summed E-state index contributed by atoms with van der Waals surface area (Å²) in [5.41, 5.74) is 11.5. The van der Waals surface area contributed by atoms with E-state index in [-0.39, 0.29) is 55.3 Å². The molecule has 152 valence electrons. The number of hydrogen-bond donors (Lipinski definition) is 6. The van der Waals surface area contributed by atoms with Gasteiger partial charge in [-0.1, -0.05) is 12.1 Å². The molecule has 0 bridgehead atoms. The van der Waals surface area contributed by atoms with Gasteiger partial charge in [-0.25, -0.2) is 0 Å². The van der Waals surface area contributed by atoms with E-state index in [2.05, 4.69) is 0 Å². The van der Waals surface area contributed by atoms with Crippen molar-refractivity contribution in [2.24, 2.45) is 11.5 Å². The van der Waals surface area contributed by atoms with Gasteiger partial charge in [0.05, 0.1) is 11.9 Å². The number of phenolic OH excluding ortho intramolecular Hbond substituents is 4. The zero-order valence-electron chi connectivity index (χ0n) is 15.3. The monoisotopic (exact) mass is 456 g/mol. The molecule has 0 heterocycles. The van der Waals surface area contributed by atoms with E-state index in [1.54, 1.807) is 0 Å². The molecule has 2 aromatic rings. The summed E-state index contributed by atoms with van der Waals surface area (Å²) in [5.74, 6) is -3.80. The molecule has 29 heavy (non-hydrogen) atoms. The van der Waals surface area contributed by atoms with E-state index in [4.69, 9.17) is 31.9 Å². The molecule has 0 aliphatic heterocycles. The van der Waals surface area contributed by atoms with E-state index in [0.717, 1.165) is 0 Å². The van der Waals surface area contributed by atoms with E-state index >= 15 is 0 Å². The van der Waals surface area contributed by atoms with Crippen molar-refractivity contribution in [2.45, 2.75) is 24.9 Å². The third-order valence-electron chi connectivity index (χ3n) is 3.60. The van der Waals surface area contributed by atoms with Crippen LogP contribution in [0.1, 0.15) is 11.1 Å². The number of carbonyl (C=O) groups is 2. The topological polar surface area (TPSA) is 213 Å². The standard InChI is InChI=1S/2C9H11NO4.Zn/c2*10-6(9(13)14)3-5-1-2-7(11)8(12)4-5;/h2*1-2,4,6,11-12H,3,10H2,(H,13,14);/q;;+2/p-2. The fourth-order valence-corrected chi connectivity index (χ4v) is 2.07. The minimum atomic E-state index is -1.35. The molecular weight excluding hydrogens is 438 g/mol. The number of nitrogens with two attached hydrogens (primary N) is 2. The Morgan fingerprint density at radius 3 is 1.28 bits per heavy atom. The molecular formula is C18H20N2O8Zn. The number of rotatable bonds is 6. The molecule has 2 rings (SSSR count). The summed E-state index contributed by atoms with van der Waals surface area (Å²) in [4.78, 5) is 20.6. The second kappa shape index (κ2) is 11.9. The van der Waals surface area contributed by atoms with Gasteiger partial charge in [-0.2, -0.15) is 0 Å². The van der Waals surface area contributed by atoms with Crippen molar-refractivity contribution in [3.8, 4) is 23.0 Å². The number of aliphatic carboxylic acids is 2. The number of hydrogen-bond acceptors (Lipinski definition) is 10. The quantitative estimate of drug-likeness (QED) is 0.197. The van der Waals surface area contributed by atoms with E-state index in [9.17, 15) is 19.8 Å². The average Bonchev–Trinajstić information content (AvgIpc) is 2.61. The Bertz CT molecular complexity index is 777. The van der Waals surface area contributed by atoms with Gasteiger partial charge in [0.15, 0.2) is 23.0 Å². The van der Waals surface area contributed by atoms with Crippen LogP contribution in [0.25, 0.3) is 0 Å².